The largest absolute Gasteiger partial charge is 0.494 e. The Morgan fingerprint density at radius 2 is 2.08 bits per heavy atom. The van der Waals surface area contributed by atoms with E-state index in [9.17, 15) is 4.39 Å². The Morgan fingerprint density at radius 3 is 2.88 bits per heavy atom. The highest BCUT2D eigenvalue weighted by Crippen LogP contribution is 2.21. The normalized spacial score (nSPS) is 18.1. The summed E-state index contributed by atoms with van der Waals surface area (Å²) in [4.78, 5) is 2.50. The Labute approximate surface area is 149 Å². The van der Waals surface area contributed by atoms with Gasteiger partial charge >= 0.3 is 0 Å². The molecular formula is C20H26FN3O. The number of halogens is 1. The first-order valence-electron chi connectivity index (χ1n) is 8.81. The van der Waals surface area contributed by atoms with Gasteiger partial charge in [0.1, 0.15) is 0 Å². The number of rotatable bonds is 7. The molecule has 0 spiro atoms. The number of nitrogens with one attached hydrogen (secondary N) is 2. The van der Waals surface area contributed by atoms with E-state index in [4.69, 9.17) is 4.74 Å². The lowest BCUT2D eigenvalue weighted by atomic mass is 10.1. The maximum absolute atomic E-state index is 13.4. The highest BCUT2D eigenvalue weighted by Gasteiger charge is 2.18. The lowest BCUT2D eigenvalue weighted by Gasteiger charge is -2.34. The highest BCUT2D eigenvalue weighted by atomic mass is 19.1. The second-order valence-corrected chi connectivity index (χ2v) is 6.44. The quantitative estimate of drug-likeness (QED) is 0.810. The number of anilines is 1. The predicted octanol–water partition coefficient (Wildman–Crippen LogP) is 3.11. The van der Waals surface area contributed by atoms with Crippen molar-refractivity contribution >= 4 is 5.69 Å². The smallest absolute Gasteiger partial charge is 0.165 e. The van der Waals surface area contributed by atoms with Crippen molar-refractivity contribution in [3.8, 4) is 5.75 Å². The molecule has 1 atom stereocenters. The van der Waals surface area contributed by atoms with Crippen LogP contribution in [0.3, 0.4) is 0 Å². The molecule has 1 aliphatic heterocycles. The number of hydrogen-bond donors (Lipinski definition) is 2. The van der Waals surface area contributed by atoms with Crippen LogP contribution < -0.4 is 15.4 Å². The minimum atomic E-state index is -0.335. The summed E-state index contributed by atoms with van der Waals surface area (Å²) in [7, 11) is 1.48. The Morgan fingerprint density at radius 1 is 1.24 bits per heavy atom. The summed E-state index contributed by atoms with van der Waals surface area (Å²) in [5.74, 6) is -0.0617. The van der Waals surface area contributed by atoms with Gasteiger partial charge in [-0.15, -0.1) is 0 Å². The molecule has 0 aliphatic carbocycles. The van der Waals surface area contributed by atoms with Crippen LogP contribution in [0.25, 0.3) is 0 Å². The van der Waals surface area contributed by atoms with Gasteiger partial charge in [-0.25, -0.2) is 4.39 Å². The van der Waals surface area contributed by atoms with Crippen LogP contribution in [0.4, 0.5) is 10.1 Å². The average molecular weight is 343 g/mol. The molecular weight excluding hydrogens is 317 g/mol. The number of methoxy groups -OCH3 is 1. The fraction of sp³-hybridized carbons (Fsp3) is 0.400. The number of nitrogens with zero attached hydrogens (tertiary/aromatic N) is 1. The van der Waals surface area contributed by atoms with Gasteiger partial charge in [0.15, 0.2) is 11.6 Å². The van der Waals surface area contributed by atoms with Gasteiger partial charge in [0.2, 0.25) is 0 Å². The molecule has 3 rings (SSSR count). The number of piperazine rings is 1. The standard InChI is InChI=1S/C20H26FN3O/c1-25-20-13-17(7-8-19(20)21)22-10-9-18-15-24(12-11-23-18)14-16-5-3-2-4-6-16/h2-8,13,18,22-23H,9-12,14-15H2,1H3/t18-/m1/s1. The molecule has 0 amide bonds. The predicted molar refractivity (Wildman–Crippen MR) is 99.6 cm³/mol. The summed E-state index contributed by atoms with van der Waals surface area (Å²) < 4.78 is 18.5. The lowest BCUT2D eigenvalue weighted by Crippen LogP contribution is -2.50. The number of ether oxygens (including phenoxy) is 1. The molecule has 0 saturated carbocycles. The molecule has 1 fully saturated rings. The van der Waals surface area contributed by atoms with Crippen molar-refractivity contribution in [2.24, 2.45) is 0 Å². The van der Waals surface area contributed by atoms with Crippen LogP contribution in [0.1, 0.15) is 12.0 Å². The summed E-state index contributed by atoms with van der Waals surface area (Å²) in [6.45, 7) is 4.98. The van der Waals surface area contributed by atoms with Gasteiger partial charge in [-0.1, -0.05) is 30.3 Å². The van der Waals surface area contributed by atoms with Gasteiger partial charge in [0.25, 0.3) is 0 Å². The second-order valence-electron chi connectivity index (χ2n) is 6.44. The fourth-order valence-electron chi connectivity index (χ4n) is 3.23. The van der Waals surface area contributed by atoms with Gasteiger partial charge in [0.05, 0.1) is 7.11 Å². The summed E-state index contributed by atoms with van der Waals surface area (Å²) in [5.41, 5.74) is 2.25. The fourth-order valence-corrected chi connectivity index (χ4v) is 3.23. The zero-order valence-electron chi connectivity index (χ0n) is 14.7. The first-order valence-corrected chi connectivity index (χ1v) is 8.81. The zero-order chi connectivity index (χ0) is 17.5. The first-order chi connectivity index (χ1) is 12.2. The Kier molecular flexibility index (Phi) is 6.25. The maximum atomic E-state index is 13.4. The van der Waals surface area contributed by atoms with E-state index in [-0.39, 0.29) is 11.6 Å². The molecule has 2 aromatic carbocycles. The van der Waals surface area contributed by atoms with Gasteiger partial charge < -0.3 is 15.4 Å². The molecule has 25 heavy (non-hydrogen) atoms. The Hall–Kier alpha value is -2.11. The van der Waals surface area contributed by atoms with E-state index in [1.54, 1.807) is 12.1 Å². The molecule has 2 N–H and O–H groups in total. The molecule has 134 valence electrons. The van der Waals surface area contributed by atoms with Crippen LogP contribution in [-0.2, 0) is 6.54 Å². The minimum Gasteiger partial charge on any atom is -0.494 e. The molecule has 0 unspecified atom stereocenters. The summed E-state index contributed by atoms with van der Waals surface area (Å²) in [5, 5.41) is 6.94. The van der Waals surface area contributed by atoms with Crippen molar-refractivity contribution in [2.45, 2.75) is 19.0 Å². The third-order valence-corrected chi connectivity index (χ3v) is 4.56. The van der Waals surface area contributed by atoms with E-state index in [2.05, 4.69) is 45.9 Å². The highest BCUT2D eigenvalue weighted by molar-refractivity contribution is 5.48. The average Bonchev–Trinajstić information content (AvgIpc) is 2.64. The van der Waals surface area contributed by atoms with Crippen LogP contribution in [0.5, 0.6) is 5.75 Å². The zero-order valence-corrected chi connectivity index (χ0v) is 14.7. The van der Waals surface area contributed by atoms with E-state index in [0.717, 1.165) is 44.8 Å². The topological polar surface area (TPSA) is 36.5 Å². The second kappa shape index (κ2) is 8.83. The monoisotopic (exact) mass is 343 g/mol. The number of hydrogen-bond acceptors (Lipinski definition) is 4. The van der Waals surface area contributed by atoms with Crippen molar-refractivity contribution in [2.75, 3.05) is 38.6 Å². The molecule has 4 nitrogen and oxygen atoms in total. The first kappa shape index (κ1) is 17.7. The van der Waals surface area contributed by atoms with Crippen LogP contribution in [-0.4, -0.2) is 44.2 Å². The van der Waals surface area contributed by atoms with E-state index < -0.39 is 0 Å². The SMILES string of the molecule is COc1cc(NCC[C@@H]2CN(Cc3ccccc3)CCN2)ccc1F. The van der Waals surface area contributed by atoms with Crippen molar-refractivity contribution in [3.05, 3.63) is 59.9 Å². The van der Waals surface area contributed by atoms with Gasteiger partial charge in [0, 0.05) is 50.5 Å². The van der Waals surface area contributed by atoms with Gasteiger partial charge in [-0.3, -0.25) is 4.90 Å². The lowest BCUT2D eigenvalue weighted by molar-refractivity contribution is 0.189. The Balaban J connectivity index is 1.45. The molecule has 1 aliphatic rings. The number of benzene rings is 2. The van der Waals surface area contributed by atoms with E-state index in [0.29, 0.717) is 6.04 Å². The van der Waals surface area contributed by atoms with Crippen LogP contribution in [0.15, 0.2) is 48.5 Å². The summed E-state index contributed by atoms with van der Waals surface area (Å²) in [6.07, 6.45) is 1.02. The Bertz CT molecular complexity index is 665. The minimum absolute atomic E-state index is 0.273. The molecule has 0 radical (unpaired) electrons. The van der Waals surface area contributed by atoms with Crippen LogP contribution in [0.2, 0.25) is 0 Å². The molecule has 0 bridgehead atoms. The molecule has 2 aromatic rings. The van der Waals surface area contributed by atoms with Gasteiger partial charge in [-0.05, 0) is 24.1 Å². The van der Waals surface area contributed by atoms with Gasteiger partial charge in [-0.2, -0.15) is 0 Å². The van der Waals surface area contributed by atoms with E-state index in [1.165, 1.54) is 18.7 Å². The summed E-state index contributed by atoms with van der Waals surface area (Å²) in [6, 6.07) is 15.9. The molecule has 1 saturated heterocycles. The van der Waals surface area contributed by atoms with Crippen molar-refractivity contribution in [1.29, 1.82) is 0 Å². The van der Waals surface area contributed by atoms with Crippen molar-refractivity contribution < 1.29 is 9.13 Å². The van der Waals surface area contributed by atoms with E-state index >= 15 is 0 Å². The third-order valence-electron chi connectivity index (χ3n) is 4.56. The third kappa shape index (κ3) is 5.18. The van der Waals surface area contributed by atoms with Crippen LogP contribution >= 0.6 is 0 Å². The van der Waals surface area contributed by atoms with E-state index in [1.807, 2.05) is 0 Å². The van der Waals surface area contributed by atoms with Crippen molar-refractivity contribution in [3.63, 3.8) is 0 Å². The summed E-state index contributed by atoms with van der Waals surface area (Å²) >= 11 is 0. The maximum Gasteiger partial charge on any atom is 0.165 e. The van der Waals surface area contributed by atoms with Crippen molar-refractivity contribution in [1.82, 2.24) is 10.2 Å². The molecule has 5 heteroatoms. The molecule has 1 heterocycles. The van der Waals surface area contributed by atoms with Crippen LogP contribution in [0, 0.1) is 5.82 Å². The molecule has 0 aromatic heterocycles.